The summed E-state index contributed by atoms with van der Waals surface area (Å²) < 4.78 is 20.4. The third-order valence-electron chi connectivity index (χ3n) is 6.97. The highest BCUT2D eigenvalue weighted by atomic mass is 16.5. The van der Waals surface area contributed by atoms with Gasteiger partial charge >= 0.3 is 5.69 Å². The minimum absolute atomic E-state index is 0.172. The van der Waals surface area contributed by atoms with E-state index in [9.17, 15) is 14.4 Å². The molecule has 11 nitrogen and oxygen atoms in total. The summed E-state index contributed by atoms with van der Waals surface area (Å²) in [6, 6.07) is 3.29. The molecule has 1 N–H and O–H groups in total. The van der Waals surface area contributed by atoms with Crippen LogP contribution in [0.5, 0.6) is 17.2 Å². The Morgan fingerprint density at radius 2 is 1.41 bits per heavy atom. The van der Waals surface area contributed by atoms with Crippen LogP contribution in [0.25, 0.3) is 11.2 Å². The van der Waals surface area contributed by atoms with E-state index in [0.29, 0.717) is 47.1 Å². The van der Waals surface area contributed by atoms with Gasteiger partial charge in [-0.2, -0.15) is 0 Å². The Kier molecular flexibility index (Phi) is 11.0. The first kappa shape index (κ1) is 29.8. The molecule has 0 bridgehead atoms. The Balaban J connectivity index is 1.28. The first-order chi connectivity index (χ1) is 18.8. The summed E-state index contributed by atoms with van der Waals surface area (Å²) in [5, 5.41) is 2.96. The van der Waals surface area contributed by atoms with Crippen LogP contribution in [0.1, 0.15) is 68.1 Å². The van der Waals surface area contributed by atoms with Crippen molar-refractivity contribution in [3.8, 4) is 17.2 Å². The molecule has 0 spiro atoms. The molecule has 0 saturated carbocycles. The number of amides is 1. The number of methoxy groups -OCH3 is 3. The lowest BCUT2D eigenvalue weighted by atomic mass is 10.1. The average Bonchev–Trinajstić information content (AvgIpc) is 3.34. The molecule has 214 valence electrons. The molecule has 1 amide bonds. The predicted molar refractivity (Wildman–Crippen MR) is 150 cm³/mol. The van der Waals surface area contributed by atoms with E-state index in [1.165, 1.54) is 30.5 Å². The van der Waals surface area contributed by atoms with Crippen molar-refractivity contribution in [2.45, 2.75) is 64.3 Å². The van der Waals surface area contributed by atoms with E-state index in [0.717, 1.165) is 57.8 Å². The lowest BCUT2D eigenvalue weighted by molar-refractivity contribution is 0.0952. The van der Waals surface area contributed by atoms with E-state index < -0.39 is 0 Å². The number of aromatic nitrogens is 4. The van der Waals surface area contributed by atoms with Gasteiger partial charge in [0.2, 0.25) is 5.75 Å². The number of fused-ring (bicyclic) bond motifs is 1. The molecule has 0 aliphatic heterocycles. The molecule has 2 heterocycles. The van der Waals surface area contributed by atoms with Gasteiger partial charge in [0.1, 0.15) is 0 Å². The normalized spacial score (nSPS) is 11.1. The van der Waals surface area contributed by atoms with Crippen molar-refractivity contribution in [1.29, 1.82) is 0 Å². The summed E-state index contributed by atoms with van der Waals surface area (Å²) >= 11 is 0. The largest absolute Gasteiger partial charge is 0.493 e. The SMILES string of the molecule is COc1cc(C(=O)NCCCCCCCCCCCn2c(=O)c3c(ncn3C)n(C)c2=O)cc(OC)c1OC. The molecule has 11 heteroatoms. The number of carbonyl (C=O) groups excluding carboxylic acids is 1. The molecule has 0 radical (unpaired) electrons. The maximum atomic E-state index is 12.7. The summed E-state index contributed by atoms with van der Waals surface area (Å²) in [6.07, 6.45) is 10.9. The van der Waals surface area contributed by atoms with Crippen molar-refractivity contribution in [1.82, 2.24) is 24.0 Å². The number of nitrogens with zero attached hydrogens (tertiary/aromatic N) is 4. The Labute approximate surface area is 228 Å². The Morgan fingerprint density at radius 3 is 1.97 bits per heavy atom. The fourth-order valence-electron chi connectivity index (χ4n) is 4.74. The Morgan fingerprint density at radius 1 is 0.846 bits per heavy atom. The molecule has 0 saturated heterocycles. The zero-order valence-corrected chi connectivity index (χ0v) is 23.7. The van der Waals surface area contributed by atoms with Crippen LogP contribution in [0.3, 0.4) is 0 Å². The van der Waals surface area contributed by atoms with E-state index in [1.807, 2.05) is 0 Å². The highest BCUT2D eigenvalue weighted by Gasteiger charge is 2.17. The highest BCUT2D eigenvalue weighted by Crippen LogP contribution is 2.38. The van der Waals surface area contributed by atoms with Gasteiger partial charge in [0.15, 0.2) is 22.7 Å². The van der Waals surface area contributed by atoms with Gasteiger partial charge in [0.05, 0.1) is 27.7 Å². The lowest BCUT2D eigenvalue weighted by Gasteiger charge is -2.14. The van der Waals surface area contributed by atoms with E-state index in [1.54, 1.807) is 37.1 Å². The Hall–Kier alpha value is -3.76. The standard InChI is InChI=1S/C28H41N5O6/c1-31-19-30-25-23(31)27(35)33(28(36)32(25)2)16-14-12-10-8-6-7-9-11-13-15-29-26(34)20-17-21(37-3)24(39-5)22(18-20)38-4/h17-19H,6-16H2,1-5H3,(H,29,34). The number of ether oxygens (including phenoxy) is 3. The van der Waals surface area contributed by atoms with Crippen molar-refractivity contribution in [3.63, 3.8) is 0 Å². The number of unbranched alkanes of at least 4 members (excludes halogenated alkanes) is 8. The topological polar surface area (TPSA) is 119 Å². The smallest absolute Gasteiger partial charge is 0.332 e. The van der Waals surface area contributed by atoms with Crippen LogP contribution in [-0.4, -0.2) is 52.5 Å². The number of carbonyl (C=O) groups is 1. The van der Waals surface area contributed by atoms with Crippen molar-refractivity contribution < 1.29 is 19.0 Å². The fraction of sp³-hybridized carbons (Fsp3) is 0.571. The highest BCUT2D eigenvalue weighted by molar-refractivity contribution is 5.95. The number of nitrogens with one attached hydrogen (secondary N) is 1. The summed E-state index contributed by atoms with van der Waals surface area (Å²) in [5.74, 6) is 1.19. The number of hydrogen-bond acceptors (Lipinski definition) is 7. The van der Waals surface area contributed by atoms with Crippen molar-refractivity contribution in [2.75, 3.05) is 27.9 Å². The summed E-state index contributed by atoms with van der Waals surface area (Å²) in [7, 11) is 7.99. The molecule has 2 aromatic heterocycles. The van der Waals surface area contributed by atoms with E-state index in [4.69, 9.17) is 14.2 Å². The van der Waals surface area contributed by atoms with Crippen LogP contribution in [0, 0.1) is 0 Å². The van der Waals surface area contributed by atoms with Crippen molar-refractivity contribution in [2.24, 2.45) is 14.1 Å². The third-order valence-corrected chi connectivity index (χ3v) is 6.97. The van der Waals surface area contributed by atoms with Gasteiger partial charge in [-0.15, -0.1) is 0 Å². The average molecular weight is 544 g/mol. The zero-order valence-electron chi connectivity index (χ0n) is 23.7. The van der Waals surface area contributed by atoms with Gasteiger partial charge in [0, 0.05) is 32.7 Å². The van der Waals surface area contributed by atoms with E-state index in [-0.39, 0.29) is 17.2 Å². The second-order valence-electron chi connectivity index (χ2n) is 9.68. The number of aryl methyl sites for hydroxylation is 2. The van der Waals surface area contributed by atoms with Crippen molar-refractivity contribution in [3.05, 3.63) is 44.9 Å². The Bertz CT molecular complexity index is 1350. The van der Waals surface area contributed by atoms with Gasteiger partial charge in [0.25, 0.3) is 11.5 Å². The summed E-state index contributed by atoms with van der Waals surface area (Å²) in [5.41, 5.74) is 0.758. The van der Waals surface area contributed by atoms with Gasteiger partial charge in [-0.05, 0) is 25.0 Å². The summed E-state index contributed by atoms with van der Waals surface area (Å²) in [4.78, 5) is 42.0. The molecule has 3 rings (SSSR count). The van der Waals surface area contributed by atoms with Gasteiger partial charge in [-0.25, -0.2) is 9.78 Å². The molecular weight excluding hydrogens is 502 g/mol. The molecule has 0 aliphatic carbocycles. The molecule has 0 aliphatic rings. The molecule has 3 aromatic rings. The minimum atomic E-state index is -0.314. The second kappa shape index (κ2) is 14.4. The van der Waals surface area contributed by atoms with Crippen LogP contribution in [0.2, 0.25) is 0 Å². The van der Waals surface area contributed by atoms with Gasteiger partial charge in [-0.3, -0.25) is 18.7 Å². The van der Waals surface area contributed by atoms with E-state index in [2.05, 4.69) is 10.3 Å². The van der Waals surface area contributed by atoms with E-state index >= 15 is 0 Å². The molecular formula is C28H41N5O6. The van der Waals surface area contributed by atoms with Crippen LogP contribution < -0.4 is 30.8 Å². The molecule has 0 fully saturated rings. The number of imidazole rings is 1. The third kappa shape index (κ3) is 7.21. The first-order valence-corrected chi connectivity index (χ1v) is 13.5. The minimum Gasteiger partial charge on any atom is -0.493 e. The lowest BCUT2D eigenvalue weighted by Crippen LogP contribution is -2.39. The monoisotopic (exact) mass is 543 g/mol. The molecule has 0 unspecified atom stereocenters. The summed E-state index contributed by atoms with van der Waals surface area (Å²) in [6.45, 7) is 1.04. The zero-order chi connectivity index (χ0) is 28.4. The predicted octanol–water partition coefficient (Wildman–Crippen LogP) is 3.40. The number of rotatable bonds is 16. The van der Waals surface area contributed by atoms with Crippen LogP contribution in [0.4, 0.5) is 0 Å². The number of benzene rings is 1. The fourth-order valence-corrected chi connectivity index (χ4v) is 4.74. The number of hydrogen-bond donors (Lipinski definition) is 1. The maximum Gasteiger partial charge on any atom is 0.332 e. The van der Waals surface area contributed by atoms with Crippen LogP contribution in [0.15, 0.2) is 28.0 Å². The first-order valence-electron chi connectivity index (χ1n) is 13.5. The maximum absolute atomic E-state index is 12.7. The second-order valence-corrected chi connectivity index (χ2v) is 9.68. The molecule has 1 aromatic carbocycles. The quantitative estimate of drug-likeness (QED) is 0.275. The molecule has 39 heavy (non-hydrogen) atoms. The van der Waals surface area contributed by atoms with Crippen LogP contribution >= 0.6 is 0 Å². The van der Waals surface area contributed by atoms with Gasteiger partial charge < -0.3 is 24.1 Å². The van der Waals surface area contributed by atoms with Crippen LogP contribution in [-0.2, 0) is 20.6 Å². The van der Waals surface area contributed by atoms with Crippen molar-refractivity contribution >= 4 is 17.1 Å². The van der Waals surface area contributed by atoms with Gasteiger partial charge in [-0.1, -0.05) is 44.9 Å². The molecule has 0 atom stereocenters.